The predicted molar refractivity (Wildman–Crippen MR) is 53.0 cm³/mol. The molecule has 2 N–H and O–H groups in total. The lowest BCUT2D eigenvalue weighted by Gasteiger charge is -2.14. The van der Waals surface area contributed by atoms with Crippen molar-refractivity contribution in [3.63, 3.8) is 0 Å². The zero-order valence-corrected chi connectivity index (χ0v) is 8.27. The van der Waals surface area contributed by atoms with Crippen LogP contribution in [0.25, 0.3) is 0 Å². The minimum absolute atomic E-state index is 0.0312. The quantitative estimate of drug-likeness (QED) is 0.768. The molecule has 2 atom stereocenters. The van der Waals surface area contributed by atoms with Gasteiger partial charge in [-0.3, -0.25) is 9.97 Å². The molecule has 72 valence electrons. The summed E-state index contributed by atoms with van der Waals surface area (Å²) in [7, 11) is 0. The fraction of sp³-hybridized carbons (Fsp3) is 0.600. The van der Waals surface area contributed by atoms with E-state index in [4.69, 9.17) is 5.73 Å². The van der Waals surface area contributed by atoms with Gasteiger partial charge >= 0.3 is 0 Å². The second kappa shape index (κ2) is 4.92. The topological polar surface area (TPSA) is 51.8 Å². The molecule has 0 saturated heterocycles. The first-order chi connectivity index (χ1) is 6.24. The van der Waals surface area contributed by atoms with Crippen LogP contribution in [0.15, 0.2) is 18.6 Å². The third kappa shape index (κ3) is 3.11. The Morgan fingerprint density at radius 1 is 1.46 bits per heavy atom. The molecule has 1 rings (SSSR count). The molecule has 13 heavy (non-hydrogen) atoms. The second-order valence-electron chi connectivity index (χ2n) is 3.49. The second-order valence-corrected chi connectivity index (χ2v) is 3.49. The van der Waals surface area contributed by atoms with Crippen LogP contribution < -0.4 is 5.73 Å². The maximum absolute atomic E-state index is 5.97. The van der Waals surface area contributed by atoms with Crippen LogP contribution in [0.3, 0.4) is 0 Å². The van der Waals surface area contributed by atoms with Gasteiger partial charge in [0.1, 0.15) is 0 Å². The van der Waals surface area contributed by atoms with Gasteiger partial charge in [-0.1, -0.05) is 20.3 Å². The summed E-state index contributed by atoms with van der Waals surface area (Å²) in [5, 5.41) is 0. The van der Waals surface area contributed by atoms with E-state index >= 15 is 0 Å². The maximum atomic E-state index is 5.97. The smallest absolute Gasteiger partial charge is 0.0753 e. The highest BCUT2D eigenvalue weighted by molar-refractivity contribution is 5.00. The fourth-order valence-corrected chi connectivity index (χ4v) is 1.22. The van der Waals surface area contributed by atoms with Crippen LogP contribution >= 0.6 is 0 Å². The van der Waals surface area contributed by atoms with Crippen molar-refractivity contribution in [1.29, 1.82) is 0 Å². The molecular weight excluding hydrogens is 162 g/mol. The Kier molecular flexibility index (Phi) is 3.83. The lowest BCUT2D eigenvalue weighted by atomic mass is 9.98. The van der Waals surface area contributed by atoms with Crippen molar-refractivity contribution in [2.45, 2.75) is 32.7 Å². The molecule has 3 nitrogen and oxygen atoms in total. The molecule has 0 aliphatic rings. The number of aromatic nitrogens is 2. The molecule has 1 aromatic rings. The normalized spacial score (nSPS) is 15.3. The average Bonchev–Trinajstić information content (AvgIpc) is 2.19. The zero-order valence-electron chi connectivity index (χ0n) is 8.27. The number of hydrogen-bond donors (Lipinski definition) is 1. The van der Waals surface area contributed by atoms with E-state index in [1.54, 1.807) is 18.6 Å². The van der Waals surface area contributed by atoms with Gasteiger partial charge in [0.05, 0.1) is 5.69 Å². The first kappa shape index (κ1) is 10.1. The predicted octanol–water partition coefficient (Wildman–Crippen LogP) is 1.91. The van der Waals surface area contributed by atoms with Gasteiger partial charge in [-0.15, -0.1) is 0 Å². The molecule has 0 fully saturated rings. The summed E-state index contributed by atoms with van der Waals surface area (Å²) in [5.41, 5.74) is 6.86. The molecular formula is C10H17N3. The molecule has 0 aromatic carbocycles. The van der Waals surface area contributed by atoms with Gasteiger partial charge in [0.2, 0.25) is 0 Å². The molecule has 1 heterocycles. The van der Waals surface area contributed by atoms with Gasteiger partial charge < -0.3 is 5.73 Å². The highest BCUT2D eigenvalue weighted by Gasteiger charge is 2.10. The molecule has 0 aliphatic heterocycles. The monoisotopic (exact) mass is 179 g/mol. The van der Waals surface area contributed by atoms with Crippen LogP contribution in [0, 0.1) is 5.92 Å². The van der Waals surface area contributed by atoms with E-state index in [9.17, 15) is 0 Å². The summed E-state index contributed by atoms with van der Waals surface area (Å²) in [5.74, 6) is 0.650. The molecule has 0 radical (unpaired) electrons. The highest BCUT2D eigenvalue weighted by Crippen LogP contribution is 2.17. The van der Waals surface area contributed by atoms with Crippen molar-refractivity contribution in [2.24, 2.45) is 11.7 Å². The summed E-state index contributed by atoms with van der Waals surface area (Å²) < 4.78 is 0. The molecule has 3 heteroatoms. The van der Waals surface area contributed by atoms with Gasteiger partial charge in [-0.2, -0.15) is 0 Å². The van der Waals surface area contributed by atoms with E-state index in [-0.39, 0.29) is 6.04 Å². The minimum Gasteiger partial charge on any atom is -0.323 e. The van der Waals surface area contributed by atoms with E-state index in [0.29, 0.717) is 5.92 Å². The van der Waals surface area contributed by atoms with Crippen molar-refractivity contribution in [3.05, 3.63) is 24.3 Å². The molecule has 0 aliphatic carbocycles. The Hall–Kier alpha value is -0.960. The van der Waals surface area contributed by atoms with Crippen molar-refractivity contribution in [2.75, 3.05) is 0 Å². The van der Waals surface area contributed by atoms with Gasteiger partial charge in [0.15, 0.2) is 0 Å². The Morgan fingerprint density at radius 3 is 2.77 bits per heavy atom. The van der Waals surface area contributed by atoms with E-state index in [0.717, 1.165) is 18.5 Å². The van der Waals surface area contributed by atoms with Gasteiger partial charge in [0.25, 0.3) is 0 Å². The van der Waals surface area contributed by atoms with Crippen molar-refractivity contribution in [3.8, 4) is 0 Å². The van der Waals surface area contributed by atoms with Gasteiger partial charge in [0, 0.05) is 24.6 Å². The van der Waals surface area contributed by atoms with Crippen LogP contribution in [0.4, 0.5) is 0 Å². The molecule has 0 bridgehead atoms. The Bertz CT molecular complexity index is 235. The average molecular weight is 179 g/mol. The Morgan fingerprint density at radius 2 is 2.23 bits per heavy atom. The van der Waals surface area contributed by atoms with Gasteiger partial charge in [-0.25, -0.2) is 0 Å². The molecule has 0 saturated carbocycles. The lowest BCUT2D eigenvalue weighted by molar-refractivity contribution is 0.455. The van der Waals surface area contributed by atoms with Crippen LogP contribution in [-0.4, -0.2) is 9.97 Å². The van der Waals surface area contributed by atoms with Crippen LogP contribution in [0.5, 0.6) is 0 Å². The van der Waals surface area contributed by atoms with E-state index in [1.807, 2.05) is 0 Å². The standard InChI is InChI=1S/C10H17N3/c1-3-8(2)6-9(11)10-7-12-4-5-13-10/h4-5,7-9H,3,6,11H2,1-2H3. The van der Waals surface area contributed by atoms with Crippen molar-refractivity contribution >= 4 is 0 Å². The lowest BCUT2D eigenvalue weighted by Crippen LogP contribution is -2.15. The van der Waals surface area contributed by atoms with Crippen LogP contribution in [-0.2, 0) is 0 Å². The SMILES string of the molecule is CCC(C)CC(N)c1cnccn1. The molecule has 1 aromatic heterocycles. The first-order valence-corrected chi connectivity index (χ1v) is 4.75. The number of nitrogens with zero attached hydrogens (tertiary/aromatic N) is 2. The van der Waals surface area contributed by atoms with Gasteiger partial charge in [-0.05, 0) is 12.3 Å². The van der Waals surface area contributed by atoms with Crippen molar-refractivity contribution in [1.82, 2.24) is 9.97 Å². The largest absolute Gasteiger partial charge is 0.323 e. The van der Waals surface area contributed by atoms with Crippen molar-refractivity contribution < 1.29 is 0 Å². The number of hydrogen-bond acceptors (Lipinski definition) is 3. The van der Waals surface area contributed by atoms with E-state index in [1.165, 1.54) is 0 Å². The molecule has 0 spiro atoms. The Labute approximate surface area is 79.4 Å². The molecule has 2 unspecified atom stereocenters. The first-order valence-electron chi connectivity index (χ1n) is 4.75. The maximum Gasteiger partial charge on any atom is 0.0753 e. The summed E-state index contributed by atoms with van der Waals surface area (Å²) >= 11 is 0. The minimum atomic E-state index is 0.0312. The van der Waals surface area contributed by atoms with E-state index in [2.05, 4.69) is 23.8 Å². The third-order valence-electron chi connectivity index (χ3n) is 2.32. The zero-order chi connectivity index (χ0) is 9.68. The fourth-order valence-electron chi connectivity index (χ4n) is 1.22. The van der Waals surface area contributed by atoms with Crippen LogP contribution in [0.1, 0.15) is 38.4 Å². The third-order valence-corrected chi connectivity index (χ3v) is 2.32. The summed E-state index contributed by atoms with van der Waals surface area (Å²) in [6, 6.07) is 0.0312. The molecule has 0 amide bonds. The summed E-state index contributed by atoms with van der Waals surface area (Å²) in [4.78, 5) is 8.17. The number of rotatable bonds is 4. The van der Waals surface area contributed by atoms with Crippen LogP contribution in [0.2, 0.25) is 0 Å². The van der Waals surface area contributed by atoms with E-state index < -0.39 is 0 Å². The Balaban J connectivity index is 2.53. The number of nitrogens with two attached hydrogens (primary N) is 1. The highest BCUT2D eigenvalue weighted by atomic mass is 14.8. The summed E-state index contributed by atoms with van der Waals surface area (Å²) in [6.45, 7) is 4.38. The summed E-state index contributed by atoms with van der Waals surface area (Å²) in [6.07, 6.45) is 7.24.